The van der Waals surface area contributed by atoms with Crippen molar-refractivity contribution in [2.45, 2.75) is 31.8 Å². The molecule has 1 fully saturated rings. The van der Waals surface area contributed by atoms with Crippen LogP contribution in [0, 0.1) is 6.92 Å². The largest absolute Gasteiger partial charge is 0.459 e. The summed E-state index contributed by atoms with van der Waals surface area (Å²) in [6.07, 6.45) is -0.949. The maximum absolute atomic E-state index is 12.0. The fourth-order valence-electron chi connectivity index (χ4n) is 2.66. The van der Waals surface area contributed by atoms with Crippen LogP contribution in [0.15, 0.2) is 40.1 Å². The van der Waals surface area contributed by atoms with Gasteiger partial charge < -0.3 is 14.6 Å². The number of carbonyl (C=O) groups is 1. The highest BCUT2D eigenvalue weighted by atomic mass is 35.5. The number of aryl methyl sites for hydroxylation is 1. The Hall–Kier alpha value is -2.42. The smallest absolute Gasteiger partial charge is 0.338 e. The summed E-state index contributed by atoms with van der Waals surface area (Å²) in [5.74, 6) is -0.571. The number of halogens is 1. The van der Waals surface area contributed by atoms with E-state index >= 15 is 0 Å². The molecule has 0 amide bonds. The summed E-state index contributed by atoms with van der Waals surface area (Å²) in [5, 5.41) is 10.6. The van der Waals surface area contributed by atoms with E-state index in [0.717, 1.165) is 0 Å². The molecule has 3 atom stereocenters. The molecule has 0 bridgehead atoms. The van der Waals surface area contributed by atoms with E-state index in [1.165, 1.54) is 22.9 Å². The Kier molecular flexibility index (Phi) is 5.26. The van der Waals surface area contributed by atoms with Gasteiger partial charge in [0.2, 0.25) is 0 Å². The number of hydrogen-bond donors (Lipinski definition) is 2. The summed E-state index contributed by atoms with van der Waals surface area (Å²) >= 11 is 5.77. The van der Waals surface area contributed by atoms with Gasteiger partial charge in [-0.2, -0.15) is 0 Å². The zero-order chi connectivity index (χ0) is 18.8. The highest BCUT2D eigenvalue weighted by Gasteiger charge is 2.36. The van der Waals surface area contributed by atoms with E-state index in [0.29, 0.717) is 16.1 Å². The number of rotatable bonds is 4. The number of hydrogen-bond acceptors (Lipinski definition) is 6. The van der Waals surface area contributed by atoms with Crippen LogP contribution in [-0.4, -0.2) is 39.4 Å². The molecule has 26 heavy (non-hydrogen) atoms. The molecule has 1 aromatic carbocycles. The Morgan fingerprint density at radius 1 is 1.38 bits per heavy atom. The second-order valence-electron chi connectivity index (χ2n) is 6.02. The van der Waals surface area contributed by atoms with Crippen LogP contribution in [0.4, 0.5) is 0 Å². The van der Waals surface area contributed by atoms with E-state index in [4.69, 9.17) is 21.1 Å². The zero-order valence-corrected chi connectivity index (χ0v) is 14.6. The van der Waals surface area contributed by atoms with Gasteiger partial charge in [-0.1, -0.05) is 11.6 Å². The summed E-state index contributed by atoms with van der Waals surface area (Å²) in [7, 11) is 0. The lowest BCUT2D eigenvalue weighted by atomic mass is 10.2. The van der Waals surface area contributed by atoms with Gasteiger partial charge in [0.25, 0.3) is 5.56 Å². The molecule has 3 rings (SSSR count). The molecule has 2 aromatic rings. The van der Waals surface area contributed by atoms with Gasteiger partial charge >= 0.3 is 11.7 Å². The lowest BCUT2D eigenvalue weighted by molar-refractivity contribution is -0.0532. The van der Waals surface area contributed by atoms with E-state index in [-0.39, 0.29) is 13.0 Å². The first-order valence-electron chi connectivity index (χ1n) is 7.93. The molecule has 1 aliphatic heterocycles. The quantitative estimate of drug-likeness (QED) is 0.766. The van der Waals surface area contributed by atoms with Crippen molar-refractivity contribution in [1.29, 1.82) is 0 Å². The molecular weight excluding hydrogens is 364 g/mol. The van der Waals surface area contributed by atoms with Crippen molar-refractivity contribution >= 4 is 17.6 Å². The normalized spacial score (nSPS) is 22.3. The van der Waals surface area contributed by atoms with Gasteiger partial charge in [-0.15, -0.1) is 0 Å². The van der Waals surface area contributed by atoms with Gasteiger partial charge in [-0.05, 0) is 31.2 Å². The van der Waals surface area contributed by atoms with E-state index in [1.54, 1.807) is 19.1 Å². The lowest BCUT2D eigenvalue weighted by Crippen LogP contribution is -2.33. The number of nitrogens with zero attached hydrogens (tertiary/aromatic N) is 1. The molecular formula is C17H17ClN2O6. The fraction of sp³-hybridized carbons (Fsp3) is 0.353. The molecule has 0 spiro atoms. The standard InChI is InChI=1S/C17H17ClN2O6/c1-9-7-20(17(24)19-15(9)22)14-6-12(21)13(26-14)8-25-16(23)10-2-4-11(18)5-3-10/h2-5,7,12-14,21H,6,8H2,1H3,(H,19,22,24)/t12-,13-,14?/m1/s1. The number of aromatic amines is 1. The van der Waals surface area contributed by atoms with Crippen LogP contribution in [0.1, 0.15) is 28.6 Å². The van der Waals surface area contributed by atoms with Crippen molar-refractivity contribution in [1.82, 2.24) is 9.55 Å². The molecule has 0 saturated carbocycles. The number of carbonyl (C=O) groups excluding carboxylic acids is 1. The average Bonchev–Trinajstić information content (AvgIpc) is 2.97. The Morgan fingerprint density at radius 2 is 2.08 bits per heavy atom. The van der Waals surface area contributed by atoms with E-state index in [2.05, 4.69) is 4.98 Å². The van der Waals surface area contributed by atoms with Gasteiger partial charge in [0.15, 0.2) is 0 Å². The highest BCUT2D eigenvalue weighted by Crippen LogP contribution is 2.28. The fourth-order valence-corrected chi connectivity index (χ4v) is 2.79. The van der Waals surface area contributed by atoms with Crippen molar-refractivity contribution in [3.05, 3.63) is 67.4 Å². The van der Waals surface area contributed by atoms with Crippen LogP contribution in [0.2, 0.25) is 5.02 Å². The summed E-state index contributed by atoms with van der Waals surface area (Å²) in [4.78, 5) is 37.6. The third-order valence-electron chi connectivity index (χ3n) is 4.12. The maximum atomic E-state index is 12.0. The number of benzene rings is 1. The molecule has 0 radical (unpaired) electrons. The van der Waals surface area contributed by atoms with Gasteiger partial charge in [0.1, 0.15) is 18.9 Å². The van der Waals surface area contributed by atoms with Crippen molar-refractivity contribution in [3.8, 4) is 0 Å². The molecule has 2 N–H and O–H groups in total. The van der Waals surface area contributed by atoms with Gasteiger partial charge in [-0.3, -0.25) is 14.3 Å². The van der Waals surface area contributed by atoms with Crippen molar-refractivity contribution in [3.63, 3.8) is 0 Å². The van der Waals surface area contributed by atoms with Crippen molar-refractivity contribution in [2.24, 2.45) is 0 Å². The Bertz CT molecular complexity index is 920. The average molecular weight is 381 g/mol. The van der Waals surface area contributed by atoms with Crippen molar-refractivity contribution in [2.75, 3.05) is 6.61 Å². The zero-order valence-electron chi connectivity index (χ0n) is 13.8. The molecule has 1 saturated heterocycles. The minimum atomic E-state index is -0.919. The van der Waals surface area contributed by atoms with Crippen LogP contribution in [0.5, 0.6) is 0 Å². The van der Waals surface area contributed by atoms with Crippen LogP contribution in [0.25, 0.3) is 0 Å². The summed E-state index contributed by atoms with van der Waals surface area (Å²) in [6.45, 7) is 1.39. The van der Waals surface area contributed by atoms with E-state index in [9.17, 15) is 19.5 Å². The summed E-state index contributed by atoms with van der Waals surface area (Å²) < 4.78 is 12.0. The predicted molar refractivity (Wildman–Crippen MR) is 92.3 cm³/mol. The minimum absolute atomic E-state index is 0.133. The molecule has 1 unspecified atom stereocenters. The van der Waals surface area contributed by atoms with Crippen LogP contribution in [-0.2, 0) is 9.47 Å². The second-order valence-corrected chi connectivity index (χ2v) is 6.45. The Balaban J connectivity index is 1.65. The third-order valence-corrected chi connectivity index (χ3v) is 4.37. The number of esters is 1. The molecule has 0 aliphatic carbocycles. The first-order chi connectivity index (χ1) is 12.3. The first-order valence-corrected chi connectivity index (χ1v) is 8.31. The van der Waals surface area contributed by atoms with E-state index in [1.807, 2.05) is 0 Å². The molecule has 138 valence electrons. The summed E-state index contributed by atoms with van der Waals surface area (Å²) in [6, 6.07) is 6.20. The number of aliphatic hydroxyl groups excluding tert-OH is 1. The lowest BCUT2D eigenvalue weighted by Gasteiger charge is -2.16. The monoisotopic (exact) mass is 380 g/mol. The third kappa shape index (κ3) is 3.87. The molecule has 1 aliphatic rings. The molecule has 8 nitrogen and oxygen atoms in total. The van der Waals surface area contributed by atoms with Gasteiger partial charge in [0.05, 0.1) is 11.7 Å². The van der Waals surface area contributed by atoms with Crippen LogP contribution < -0.4 is 11.2 Å². The first kappa shape index (κ1) is 18.4. The maximum Gasteiger partial charge on any atom is 0.338 e. The number of ether oxygens (including phenoxy) is 2. The SMILES string of the molecule is Cc1cn(C2C[C@@H](O)[C@@H](COC(=O)c3ccc(Cl)cc3)O2)c(=O)[nH]c1=O. The Morgan fingerprint density at radius 3 is 2.77 bits per heavy atom. The Labute approximate surface area is 152 Å². The number of nitrogens with one attached hydrogen (secondary N) is 1. The molecule has 2 heterocycles. The summed E-state index contributed by atoms with van der Waals surface area (Å²) in [5.41, 5.74) is -0.430. The second kappa shape index (κ2) is 7.45. The van der Waals surface area contributed by atoms with Crippen molar-refractivity contribution < 1.29 is 19.4 Å². The number of H-pyrrole nitrogens is 1. The minimum Gasteiger partial charge on any atom is -0.459 e. The van der Waals surface area contributed by atoms with Gasteiger partial charge in [-0.25, -0.2) is 9.59 Å². The highest BCUT2D eigenvalue weighted by molar-refractivity contribution is 6.30. The molecule has 1 aromatic heterocycles. The van der Waals surface area contributed by atoms with Crippen LogP contribution in [0.3, 0.4) is 0 Å². The predicted octanol–water partition coefficient (Wildman–Crippen LogP) is 1.00. The van der Waals surface area contributed by atoms with Gasteiger partial charge in [0, 0.05) is 23.2 Å². The topological polar surface area (TPSA) is 111 Å². The molecule has 9 heteroatoms. The number of aromatic nitrogens is 2. The van der Waals surface area contributed by atoms with E-state index < -0.39 is 35.7 Å². The van der Waals surface area contributed by atoms with Crippen LogP contribution >= 0.6 is 11.6 Å². The number of aliphatic hydroxyl groups is 1.